The summed E-state index contributed by atoms with van der Waals surface area (Å²) in [6, 6.07) is 5.37. The predicted octanol–water partition coefficient (Wildman–Crippen LogP) is 4.18. The molecular formula is C15H12ClFO3. The lowest BCUT2D eigenvalue weighted by atomic mass is 9.85. The first-order chi connectivity index (χ1) is 9.29. The van der Waals surface area contributed by atoms with Crippen molar-refractivity contribution < 1.29 is 19.3 Å². The molecular weight excluding hydrogens is 283 g/mol. The zero-order chi connectivity index (χ0) is 14.7. The Morgan fingerprint density at radius 3 is 2.55 bits per heavy atom. The third-order valence-electron chi connectivity index (χ3n) is 3.41. The summed E-state index contributed by atoms with van der Waals surface area (Å²) >= 11 is 5.93. The van der Waals surface area contributed by atoms with Crippen LogP contribution in [0.15, 0.2) is 24.3 Å². The van der Waals surface area contributed by atoms with Crippen molar-refractivity contribution in [3.8, 4) is 28.4 Å². The smallest absolute Gasteiger partial charge is 0.138 e. The topological polar surface area (TPSA) is 49.7 Å². The van der Waals surface area contributed by atoms with Gasteiger partial charge in [-0.05, 0) is 31.5 Å². The number of phenols is 2. The number of aromatic hydroxyl groups is 2. The third-order valence-corrected chi connectivity index (χ3v) is 3.71. The maximum Gasteiger partial charge on any atom is 0.138 e. The highest BCUT2D eigenvalue weighted by atomic mass is 35.5. The van der Waals surface area contributed by atoms with E-state index in [1.165, 1.54) is 18.2 Å². The van der Waals surface area contributed by atoms with Gasteiger partial charge in [-0.15, -0.1) is 0 Å². The summed E-state index contributed by atoms with van der Waals surface area (Å²) in [6.07, 6.45) is 0. The average Bonchev–Trinajstić information content (AvgIpc) is 2.30. The Balaban J connectivity index is 2.39. The normalized spacial score (nSPS) is 15.2. The van der Waals surface area contributed by atoms with Crippen LogP contribution in [0.25, 0.3) is 11.1 Å². The largest absolute Gasteiger partial charge is 0.508 e. The maximum atomic E-state index is 14.1. The van der Waals surface area contributed by atoms with Crippen LogP contribution in [-0.4, -0.2) is 10.2 Å². The van der Waals surface area contributed by atoms with E-state index >= 15 is 0 Å². The first-order valence-electron chi connectivity index (χ1n) is 6.04. The number of fused-ring (bicyclic) bond motifs is 3. The molecule has 0 aromatic heterocycles. The molecule has 3 nitrogen and oxygen atoms in total. The van der Waals surface area contributed by atoms with Gasteiger partial charge < -0.3 is 14.9 Å². The van der Waals surface area contributed by atoms with Crippen molar-refractivity contribution in [3.05, 3.63) is 40.7 Å². The molecule has 2 N–H and O–H groups in total. The van der Waals surface area contributed by atoms with Crippen LogP contribution in [-0.2, 0) is 5.60 Å². The van der Waals surface area contributed by atoms with E-state index in [1.807, 2.05) is 0 Å². The van der Waals surface area contributed by atoms with Gasteiger partial charge in [-0.2, -0.15) is 0 Å². The van der Waals surface area contributed by atoms with Crippen LogP contribution in [0.4, 0.5) is 4.39 Å². The molecule has 0 bridgehead atoms. The van der Waals surface area contributed by atoms with Crippen molar-refractivity contribution in [3.63, 3.8) is 0 Å². The van der Waals surface area contributed by atoms with E-state index < -0.39 is 11.4 Å². The van der Waals surface area contributed by atoms with Crippen LogP contribution >= 0.6 is 11.6 Å². The molecule has 2 aromatic carbocycles. The summed E-state index contributed by atoms with van der Waals surface area (Å²) < 4.78 is 19.9. The predicted molar refractivity (Wildman–Crippen MR) is 73.8 cm³/mol. The minimum absolute atomic E-state index is 0.0790. The quantitative estimate of drug-likeness (QED) is 0.766. The molecule has 0 radical (unpaired) electrons. The van der Waals surface area contributed by atoms with E-state index in [2.05, 4.69) is 0 Å². The van der Waals surface area contributed by atoms with Gasteiger partial charge in [-0.1, -0.05) is 11.6 Å². The van der Waals surface area contributed by atoms with Gasteiger partial charge in [0.2, 0.25) is 0 Å². The molecule has 0 atom stereocenters. The molecule has 1 aliphatic rings. The van der Waals surface area contributed by atoms with Crippen LogP contribution in [0.3, 0.4) is 0 Å². The minimum Gasteiger partial charge on any atom is -0.508 e. The highest BCUT2D eigenvalue weighted by Gasteiger charge is 2.35. The molecule has 0 saturated heterocycles. The molecule has 2 aromatic rings. The number of hydrogen-bond donors (Lipinski definition) is 2. The second-order valence-electron chi connectivity index (χ2n) is 5.26. The first-order valence-corrected chi connectivity index (χ1v) is 6.42. The Hall–Kier alpha value is -1.94. The number of phenolic OH excluding ortho intramolecular Hbond substituents is 2. The van der Waals surface area contributed by atoms with Gasteiger partial charge in [-0.3, -0.25) is 0 Å². The highest BCUT2D eigenvalue weighted by Crippen LogP contribution is 2.49. The molecule has 20 heavy (non-hydrogen) atoms. The van der Waals surface area contributed by atoms with Gasteiger partial charge in [0.15, 0.2) is 0 Å². The number of ether oxygens (including phenoxy) is 1. The number of halogens is 2. The average molecular weight is 295 g/mol. The van der Waals surface area contributed by atoms with Gasteiger partial charge >= 0.3 is 0 Å². The van der Waals surface area contributed by atoms with E-state index in [0.717, 1.165) is 6.07 Å². The van der Waals surface area contributed by atoms with Crippen molar-refractivity contribution in [2.45, 2.75) is 19.4 Å². The number of rotatable bonds is 0. The fourth-order valence-corrected chi connectivity index (χ4v) is 2.67. The lowest BCUT2D eigenvalue weighted by Gasteiger charge is -2.35. The Bertz CT molecular complexity index is 726. The van der Waals surface area contributed by atoms with E-state index in [4.69, 9.17) is 16.3 Å². The SMILES string of the molecule is CC1(C)Oc2cc(O)cc(F)c2-c2cc(Cl)c(O)cc21. The monoisotopic (exact) mass is 294 g/mol. The van der Waals surface area contributed by atoms with Gasteiger partial charge in [0.25, 0.3) is 0 Å². The minimum atomic E-state index is -0.773. The van der Waals surface area contributed by atoms with E-state index in [9.17, 15) is 14.6 Å². The van der Waals surface area contributed by atoms with Crippen molar-refractivity contribution >= 4 is 11.6 Å². The van der Waals surface area contributed by atoms with E-state index in [0.29, 0.717) is 11.1 Å². The molecule has 0 fully saturated rings. The molecule has 3 rings (SSSR count). The van der Waals surface area contributed by atoms with Crippen molar-refractivity contribution in [1.82, 2.24) is 0 Å². The van der Waals surface area contributed by atoms with Crippen molar-refractivity contribution in [2.24, 2.45) is 0 Å². The molecule has 0 aliphatic carbocycles. The van der Waals surface area contributed by atoms with E-state index in [-0.39, 0.29) is 27.8 Å². The molecule has 5 heteroatoms. The number of hydrogen-bond acceptors (Lipinski definition) is 3. The molecule has 1 heterocycles. The maximum absolute atomic E-state index is 14.1. The molecule has 0 unspecified atom stereocenters. The standard InChI is InChI=1S/C15H12ClFO3/c1-15(2)9-6-12(19)10(16)5-8(9)14-11(17)3-7(18)4-13(14)20-15/h3-6,18-19H,1-2H3. The zero-order valence-electron chi connectivity index (χ0n) is 10.9. The zero-order valence-corrected chi connectivity index (χ0v) is 11.6. The van der Waals surface area contributed by atoms with E-state index in [1.54, 1.807) is 13.8 Å². The van der Waals surface area contributed by atoms with Gasteiger partial charge in [0.05, 0.1) is 10.6 Å². The van der Waals surface area contributed by atoms with Gasteiger partial charge in [0, 0.05) is 17.7 Å². The van der Waals surface area contributed by atoms with Crippen LogP contribution in [0.5, 0.6) is 17.2 Å². The summed E-state index contributed by atoms with van der Waals surface area (Å²) in [4.78, 5) is 0. The highest BCUT2D eigenvalue weighted by molar-refractivity contribution is 6.32. The van der Waals surface area contributed by atoms with Gasteiger partial charge in [0.1, 0.15) is 28.7 Å². The fourth-order valence-electron chi connectivity index (χ4n) is 2.51. The Morgan fingerprint density at radius 2 is 1.85 bits per heavy atom. The summed E-state index contributed by atoms with van der Waals surface area (Å²) in [5.41, 5.74) is 0.650. The fraction of sp³-hybridized carbons (Fsp3) is 0.200. The summed E-state index contributed by atoms with van der Waals surface area (Å²) in [5.74, 6) is -0.629. The van der Waals surface area contributed by atoms with Gasteiger partial charge in [-0.25, -0.2) is 4.39 Å². The summed E-state index contributed by atoms with van der Waals surface area (Å²) in [7, 11) is 0. The molecule has 1 aliphatic heterocycles. The third kappa shape index (κ3) is 1.79. The molecule has 0 spiro atoms. The summed E-state index contributed by atoms with van der Waals surface area (Å²) in [5, 5.41) is 19.4. The second kappa shape index (κ2) is 4.03. The first kappa shape index (κ1) is 13.1. The lowest BCUT2D eigenvalue weighted by Crippen LogP contribution is -2.29. The lowest BCUT2D eigenvalue weighted by molar-refractivity contribution is 0.104. The molecule has 0 saturated carbocycles. The Labute approximate surface area is 120 Å². The molecule has 0 amide bonds. The molecule has 104 valence electrons. The summed E-state index contributed by atoms with van der Waals surface area (Å²) in [6.45, 7) is 3.59. The Kier molecular flexibility index (Phi) is 2.63. The van der Waals surface area contributed by atoms with Crippen LogP contribution in [0.1, 0.15) is 19.4 Å². The van der Waals surface area contributed by atoms with Crippen LogP contribution in [0.2, 0.25) is 5.02 Å². The Morgan fingerprint density at radius 1 is 1.15 bits per heavy atom. The second-order valence-corrected chi connectivity index (χ2v) is 5.67. The van der Waals surface area contributed by atoms with Crippen LogP contribution < -0.4 is 4.74 Å². The van der Waals surface area contributed by atoms with Crippen molar-refractivity contribution in [2.75, 3.05) is 0 Å². The number of benzene rings is 2. The van der Waals surface area contributed by atoms with Crippen molar-refractivity contribution in [1.29, 1.82) is 0 Å². The van der Waals surface area contributed by atoms with Crippen LogP contribution in [0, 0.1) is 5.82 Å².